The molecule has 24 heavy (non-hydrogen) atoms. The van der Waals surface area contributed by atoms with Crippen molar-refractivity contribution in [1.82, 2.24) is 19.9 Å². The molecule has 0 amide bonds. The standard InChI is InChI=1S/C18H17N5O/c1-11-8-22-17-14(24-2)6-5-12(16(11)17)9-21-15-10-20-13-4-3-7-19-18(13)23-15/h3-8,10,22H,9H2,1-2H3,(H,19,21,23). The maximum atomic E-state index is 5.42. The number of nitrogens with one attached hydrogen (secondary N) is 2. The number of aromatic nitrogens is 4. The van der Waals surface area contributed by atoms with Crippen molar-refractivity contribution in [1.29, 1.82) is 0 Å². The van der Waals surface area contributed by atoms with Crippen molar-refractivity contribution >= 4 is 27.9 Å². The molecule has 3 aromatic heterocycles. The van der Waals surface area contributed by atoms with Crippen LogP contribution >= 0.6 is 0 Å². The minimum absolute atomic E-state index is 0.639. The quantitative estimate of drug-likeness (QED) is 0.602. The van der Waals surface area contributed by atoms with Crippen molar-refractivity contribution < 1.29 is 4.74 Å². The fourth-order valence-corrected chi connectivity index (χ4v) is 2.91. The van der Waals surface area contributed by atoms with E-state index in [0.717, 1.165) is 16.8 Å². The molecule has 4 rings (SSSR count). The van der Waals surface area contributed by atoms with Gasteiger partial charge in [-0.1, -0.05) is 6.07 Å². The Balaban J connectivity index is 1.65. The summed E-state index contributed by atoms with van der Waals surface area (Å²) in [5.74, 6) is 1.55. The largest absolute Gasteiger partial charge is 0.495 e. The third kappa shape index (κ3) is 2.42. The fourth-order valence-electron chi connectivity index (χ4n) is 2.91. The van der Waals surface area contributed by atoms with E-state index in [2.05, 4.69) is 38.2 Å². The van der Waals surface area contributed by atoms with E-state index in [1.807, 2.05) is 24.4 Å². The van der Waals surface area contributed by atoms with Crippen LogP contribution in [0.4, 0.5) is 5.82 Å². The van der Waals surface area contributed by atoms with Gasteiger partial charge in [0, 0.05) is 24.3 Å². The van der Waals surface area contributed by atoms with Crippen LogP contribution in [0.25, 0.3) is 22.1 Å². The van der Waals surface area contributed by atoms with Gasteiger partial charge in [0.15, 0.2) is 5.65 Å². The van der Waals surface area contributed by atoms with Crippen LogP contribution in [0.15, 0.2) is 42.9 Å². The number of benzene rings is 1. The van der Waals surface area contributed by atoms with Crippen LogP contribution in [-0.2, 0) is 6.54 Å². The molecule has 0 radical (unpaired) electrons. The summed E-state index contributed by atoms with van der Waals surface area (Å²) in [6, 6.07) is 7.80. The summed E-state index contributed by atoms with van der Waals surface area (Å²) in [7, 11) is 1.68. The molecule has 4 aromatic rings. The van der Waals surface area contributed by atoms with Gasteiger partial charge in [0.2, 0.25) is 0 Å². The average molecular weight is 319 g/mol. The molecule has 6 heteroatoms. The number of ether oxygens (including phenoxy) is 1. The number of aromatic amines is 1. The molecular weight excluding hydrogens is 302 g/mol. The van der Waals surface area contributed by atoms with E-state index in [9.17, 15) is 0 Å². The number of fused-ring (bicyclic) bond motifs is 2. The Kier molecular flexibility index (Phi) is 3.49. The SMILES string of the molecule is COc1ccc(CNc2cnc3cccnc3n2)c2c(C)c[nH]c12. The van der Waals surface area contributed by atoms with Crippen molar-refractivity contribution in [3.05, 3.63) is 54.0 Å². The van der Waals surface area contributed by atoms with Crippen molar-refractivity contribution in [3.63, 3.8) is 0 Å². The second-order valence-electron chi connectivity index (χ2n) is 5.60. The molecule has 0 saturated carbocycles. The lowest BCUT2D eigenvalue weighted by atomic mass is 10.1. The fraction of sp³-hybridized carbons (Fsp3) is 0.167. The van der Waals surface area contributed by atoms with Gasteiger partial charge in [-0.25, -0.2) is 15.0 Å². The number of rotatable bonds is 4. The van der Waals surface area contributed by atoms with Gasteiger partial charge in [-0.2, -0.15) is 0 Å². The number of H-pyrrole nitrogens is 1. The molecular formula is C18H17N5O. The number of hydrogen-bond donors (Lipinski definition) is 2. The highest BCUT2D eigenvalue weighted by Crippen LogP contribution is 2.30. The Morgan fingerprint density at radius 3 is 3.00 bits per heavy atom. The van der Waals surface area contributed by atoms with Crippen LogP contribution in [0.5, 0.6) is 5.75 Å². The summed E-state index contributed by atoms with van der Waals surface area (Å²) in [5.41, 5.74) is 4.80. The minimum atomic E-state index is 0.639. The van der Waals surface area contributed by atoms with Gasteiger partial charge in [-0.05, 0) is 36.2 Å². The van der Waals surface area contributed by atoms with Gasteiger partial charge in [-0.3, -0.25) is 0 Å². The average Bonchev–Trinajstić information content (AvgIpc) is 3.02. The molecule has 0 aliphatic rings. The zero-order valence-electron chi connectivity index (χ0n) is 13.5. The van der Waals surface area contributed by atoms with E-state index < -0.39 is 0 Å². The van der Waals surface area contributed by atoms with Gasteiger partial charge in [0.25, 0.3) is 0 Å². The maximum absolute atomic E-state index is 5.42. The lowest BCUT2D eigenvalue weighted by Gasteiger charge is -2.10. The molecule has 1 aromatic carbocycles. The number of anilines is 1. The van der Waals surface area contributed by atoms with Crippen molar-refractivity contribution in [2.75, 3.05) is 12.4 Å². The Hall–Kier alpha value is -3.15. The molecule has 0 saturated heterocycles. The molecule has 0 unspecified atom stereocenters. The zero-order valence-corrected chi connectivity index (χ0v) is 13.5. The van der Waals surface area contributed by atoms with Crippen LogP contribution in [0.2, 0.25) is 0 Å². The molecule has 6 nitrogen and oxygen atoms in total. The van der Waals surface area contributed by atoms with Crippen LogP contribution in [0.3, 0.4) is 0 Å². The predicted octanol–water partition coefficient (Wildman–Crippen LogP) is 3.44. The predicted molar refractivity (Wildman–Crippen MR) is 94.2 cm³/mol. The van der Waals surface area contributed by atoms with Crippen molar-refractivity contribution in [2.24, 2.45) is 0 Å². The summed E-state index contributed by atoms with van der Waals surface area (Å²) in [6.45, 7) is 2.73. The van der Waals surface area contributed by atoms with Gasteiger partial charge >= 0.3 is 0 Å². The molecule has 0 atom stereocenters. The summed E-state index contributed by atoms with van der Waals surface area (Å²) in [5, 5.41) is 4.51. The number of methoxy groups -OCH3 is 1. The smallest absolute Gasteiger partial charge is 0.180 e. The Bertz CT molecular complexity index is 1020. The zero-order chi connectivity index (χ0) is 16.5. The molecule has 0 aliphatic heterocycles. The molecule has 2 N–H and O–H groups in total. The van der Waals surface area contributed by atoms with E-state index in [-0.39, 0.29) is 0 Å². The molecule has 120 valence electrons. The Morgan fingerprint density at radius 1 is 1.21 bits per heavy atom. The van der Waals surface area contributed by atoms with E-state index in [4.69, 9.17) is 4.74 Å². The van der Waals surface area contributed by atoms with Crippen LogP contribution < -0.4 is 10.1 Å². The number of pyridine rings is 1. The molecule has 0 bridgehead atoms. The van der Waals surface area contributed by atoms with Gasteiger partial charge in [-0.15, -0.1) is 0 Å². The summed E-state index contributed by atoms with van der Waals surface area (Å²) in [4.78, 5) is 16.4. The molecule has 0 aliphatic carbocycles. The minimum Gasteiger partial charge on any atom is -0.495 e. The highest BCUT2D eigenvalue weighted by atomic mass is 16.5. The van der Waals surface area contributed by atoms with E-state index in [1.165, 1.54) is 16.5 Å². The first-order chi connectivity index (χ1) is 11.8. The Labute approximate surface area is 138 Å². The lowest BCUT2D eigenvalue weighted by molar-refractivity contribution is 0.419. The number of aryl methyl sites for hydroxylation is 1. The highest BCUT2D eigenvalue weighted by Gasteiger charge is 2.11. The molecule has 0 fully saturated rings. The summed E-state index contributed by atoms with van der Waals surface area (Å²) >= 11 is 0. The van der Waals surface area contributed by atoms with E-state index >= 15 is 0 Å². The third-order valence-electron chi connectivity index (χ3n) is 4.08. The lowest BCUT2D eigenvalue weighted by Crippen LogP contribution is -2.03. The van der Waals surface area contributed by atoms with Crippen LogP contribution in [-0.4, -0.2) is 27.0 Å². The first-order valence-electron chi connectivity index (χ1n) is 7.71. The third-order valence-corrected chi connectivity index (χ3v) is 4.08. The Morgan fingerprint density at radius 2 is 2.12 bits per heavy atom. The monoisotopic (exact) mass is 319 g/mol. The van der Waals surface area contributed by atoms with Gasteiger partial charge in [0.05, 0.1) is 18.8 Å². The van der Waals surface area contributed by atoms with Gasteiger partial charge < -0.3 is 15.0 Å². The van der Waals surface area contributed by atoms with Crippen molar-refractivity contribution in [3.8, 4) is 5.75 Å². The van der Waals surface area contributed by atoms with Crippen LogP contribution in [0.1, 0.15) is 11.1 Å². The van der Waals surface area contributed by atoms with Crippen LogP contribution in [0, 0.1) is 6.92 Å². The summed E-state index contributed by atoms with van der Waals surface area (Å²) in [6.07, 6.45) is 5.45. The van der Waals surface area contributed by atoms with E-state index in [0.29, 0.717) is 18.0 Å². The van der Waals surface area contributed by atoms with E-state index in [1.54, 1.807) is 19.5 Å². The second kappa shape index (κ2) is 5.81. The number of hydrogen-bond acceptors (Lipinski definition) is 5. The number of nitrogens with zero attached hydrogens (tertiary/aromatic N) is 3. The normalized spacial score (nSPS) is 11.1. The maximum Gasteiger partial charge on any atom is 0.180 e. The van der Waals surface area contributed by atoms with Gasteiger partial charge in [0.1, 0.15) is 17.1 Å². The molecule has 0 spiro atoms. The first kappa shape index (κ1) is 14.4. The first-order valence-corrected chi connectivity index (χ1v) is 7.71. The van der Waals surface area contributed by atoms with Crippen molar-refractivity contribution in [2.45, 2.75) is 13.5 Å². The summed E-state index contributed by atoms with van der Waals surface area (Å²) < 4.78 is 5.42. The second-order valence-corrected chi connectivity index (χ2v) is 5.60. The molecule has 3 heterocycles. The topological polar surface area (TPSA) is 75.7 Å². The highest BCUT2D eigenvalue weighted by molar-refractivity contribution is 5.91.